The highest BCUT2D eigenvalue weighted by Crippen LogP contribution is 2.22. The second-order valence-electron chi connectivity index (χ2n) is 3.70. The van der Waals surface area contributed by atoms with Crippen molar-refractivity contribution in [2.75, 3.05) is 18.1 Å². The van der Waals surface area contributed by atoms with Crippen LogP contribution in [0, 0.1) is 5.41 Å². The molecule has 0 fully saturated rings. The van der Waals surface area contributed by atoms with E-state index in [1.807, 2.05) is 6.92 Å². The van der Waals surface area contributed by atoms with Gasteiger partial charge in [0.2, 0.25) is 5.91 Å². The lowest BCUT2D eigenvalue weighted by Gasteiger charge is -2.07. The van der Waals surface area contributed by atoms with Crippen LogP contribution in [-0.4, -0.2) is 35.3 Å². The van der Waals surface area contributed by atoms with Crippen LogP contribution in [0.15, 0.2) is 11.9 Å². The van der Waals surface area contributed by atoms with Gasteiger partial charge in [-0.25, -0.2) is 0 Å². The van der Waals surface area contributed by atoms with Crippen molar-refractivity contribution >= 4 is 34.4 Å². The van der Waals surface area contributed by atoms with Crippen LogP contribution in [0.25, 0.3) is 0 Å². The fourth-order valence-electron chi connectivity index (χ4n) is 1.06. The Bertz CT molecular complexity index is 361. The third kappa shape index (κ3) is 11.0. The molecule has 0 aromatic heterocycles. The number of rotatable bonds is 9. The smallest absolute Gasteiger partial charge is 0.382 e. The lowest BCUT2D eigenvalue weighted by Crippen LogP contribution is -2.24. The zero-order chi connectivity index (χ0) is 15.6. The van der Waals surface area contributed by atoms with Gasteiger partial charge in [-0.3, -0.25) is 10.2 Å². The monoisotopic (exact) mass is 331 g/mol. The molecule has 3 N–H and O–H groups in total. The Balaban J connectivity index is 3.88. The summed E-state index contributed by atoms with van der Waals surface area (Å²) >= 11 is 6.56. The van der Waals surface area contributed by atoms with Crippen molar-refractivity contribution in [3.63, 3.8) is 0 Å². The average Bonchev–Trinajstić information content (AvgIpc) is 2.32. The zero-order valence-corrected chi connectivity index (χ0v) is 12.5. The Labute approximate surface area is 125 Å². The van der Waals surface area contributed by atoms with Gasteiger partial charge in [-0.05, 0) is 6.92 Å². The molecule has 0 heterocycles. The van der Waals surface area contributed by atoms with Gasteiger partial charge in [-0.2, -0.15) is 24.9 Å². The number of alkyl halides is 3. The van der Waals surface area contributed by atoms with E-state index in [2.05, 4.69) is 10.6 Å². The minimum atomic E-state index is -4.15. The van der Waals surface area contributed by atoms with E-state index in [-0.39, 0.29) is 28.9 Å². The van der Waals surface area contributed by atoms with Crippen LogP contribution in [0.5, 0.6) is 0 Å². The van der Waals surface area contributed by atoms with E-state index >= 15 is 0 Å². The third-order valence-electron chi connectivity index (χ3n) is 1.98. The van der Waals surface area contributed by atoms with Crippen LogP contribution < -0.4 is 10.6 Å². The van der Waals surface area contributed by atoms with E-state index in [9.17, 15) is 18.0 Å². The highest BCUT2D eigenvalue weighted by atomic mass is 35.5. The van der Waals surface area contributed by atoms with Crippen LogP contribution in [0.3, 0.4) is 0 Å². The maximum Gasteiger partial charge on any atom is 0.389 e. The fourth-order valence-corrected chi connectivity index (χ4v) is 2.09. The maximum absolute atomic E-state index is 11.9. The van der Waals surface area contributed by atoms with Gasteiger partial charge in [0.15, 0.2) is 0 Å². The standard InChI is InChI=1S/C11H17ClF3N3OS/c1-2-17-8(10(12)16)7-18-9(19)3-5-20-6-4-11(13,14)15/h7,16-17H,2-6H2,1H3,(H,18,19)/b8-7+,16-10?. The average molecular weight is 332 g/mol. The predicted octanol–water partition coefficient (Wildman–Crippen LogP) is 2.85. The van der Waals surface area contributed by atoms with Crippen molar-refractivity contribution in [1.82, 2.24) is 10.6 Å². The molecule has 9 heteroatoms. The van der Waals surface area contributed by atoms with Crippen molar-refractivity contribution in [3.05, 3.63) is 11.9 Å². The molecule has 116 valence electrons. The predicted molar refractivity (Wildman–Crippen MR) is 76.1 cm³/mol. The molecule has 0 spiro atoms. The van der Waals surface area contributed by atoms with Crippen LogP contribution >= 0.6 is 23.4 Å². The van der Waals surface area contributed by atoms with Crippen LogP contribution in [0.4, 0.5) is 13.2 Å². The quantitative estimate of drug-likeness (QED) is 0.449. The van der Waals surface area contributed by atoms with Crippen LogP contribution in [0.1, 0.15) is 19.8 Å². The van der Waals surface area contributed by atoms with Crippen LogP contribution in [0.2, 0.25) is 0 Å². The highest BCUT2D eigenvalue weighted by Gasteiger charge is 2.26. The summed E-state index contributed by atoms with van der Waals surface area (Å²) in [5.74, 6) is -0.0792. The Morgan fingerprint density at radius 3 is 2.55 bits per heavy atom. The fraction of sp³-hybridized carbons (Fsp3) is 0.636. The number of allylic oxidation sites excluding steroid dienone is 1. The largest absolute Gasteiger partial charge is 0.389 e. The molecule has 1 amide bonds. The lowest BCUT2D eigenvalue weighted by atomic mass is 10.4. The molecular formula is C11H17ClF3N3OS. The number of amides is 1. The molecule has 0 aromatic carbocycles. The Morgan fingerprint density at radius 1 is 1.40 bits per heavy atom. The SMILES string of the molecule is CCN/C(=C/NC(=O)CCSCCC(F)(F)F)C(=N)Cl. The summed E-state index contributed by atoms with van der Waals surface area (Å²) in [5, 5.41) is 12.2. The second kappa shape index (κ2) is 9.93. The molecule has 0 rings (SSSR count). The van der Waals surface area contributed by atoms with Crippen molar-refractivity contribution < 1.29 is 18.0 Å². The van der Waals surface area contributed by atoms with Crippen molar-refractivity contribution in [2.24, 2.45) is 0 Å². The first kappa shape index (κ1) is 19.1. The molecule has 0 unspecified atom stereocenters. The van der Waals surface area contributed by atoms with Crippen LogP contribution in [-0.2, 0) is 4.79 Å². The minimum Gasteiger partial charge on any atom is -0.382 e. The molecule has 0 aromatic rings. The summed E-state index contributed by atoms with van der Waals surface area (Å²) in [4.78, 5) is 11.4. The molecular weight excluding hydrogens is 315 g/mol. The van der Waals surface area contributed by atoms with Gasteiger partial charge in [0.1, 0.15) is 5.17 Å². The number of nitrogens with one attached hydrogen (secondary N) is 3. The first-order valence-corrected chi connectivity index (χ1v) is 7.42. The number of hydrogen-bond donors (Lipinski definition) is 3. The Hall–Kier alpha value is -0.890. The highest BCUT2D eigenvalue weighted by molar-refractivity contribution is 7.99. The minimum absolute atomic E-state index is 0.0540. The third-order valence-corrected chi connectivity index (χ3v) is 3.17. The van der Waals surface area contributed by atoms with Crippen molar-refractivity contribution in [3.8, 4) is 0 Å². The zero-order valence-electron chi connectivity index (χ0n) is 10.9. The summed E-state index contributed by atoms with van der Waals surface area (Å²) in [7, 11) is 0. The van der Waals surface area contributed by atoms with Crippen molar-refractivity contribution in [2.45, 2.75) is 25.9 Å². The Kier molecular flexibility index (Phi) is 9.49. The van der Waals surface area contributed by atoms with Gasteiger partial charge in [0.05, 0.1) is 12.1 Å². The first-order chi connectivity index (χ1) is 9.26. The maximum atomic E-state index is 11.9. The van der Waals surface area contributed by atoms with Gasteiger partial charge < -0.3 is 10.6 Å². The summed E-state index contributed by atoms with van der Waals surface area (Å²) in [6.07, 6.45) is -3.62. The number of thioether (sulfide) groups is 1. The summed E-state index contributed by atoms with van der Waals surface area (Å²) in [6, 6.07) is 0. The first-order valence-electron chi connectivity index (χ1n) is 5.88. The van der Waals surface area contributed by atoms with E-state index in [1.165, 1.54) is 6.20 Å². The second-order valence-corrected chi connectivity index (χ2v) is 5.30. The number of halogens is 4. The number of carbonyl (C=O) groups is 1. The van der Waals surface area contributed by atoms with Gasteiger partial charge >= 0.3 is 6.18 Å². The van der Waals surface area contributed by atoms with Gasteiger partial charge in [-0.1, -0.05) is 11.6 Å². The van der Waals surface area contributed by atoms with E-state index in [0.29, 0.717) is 12.3 Å². The molecule has 0 aliphatic rings. The summed E-state index contributed by atoms with van der Waals surface area (Å²) < 4.78 is 35.6. The molecule has 0 aliphatic heterocycles. The molecule has 0 saturated carbocycles. The number of hydrogen-bond acceptors (Lipinski definition) is 4. The number of carbonyl (C=O) groups excluding carboxylic acids is 1. The van der Waals surface area contributed by atoms with E-state index in [4.69, 9.17) is 17.0 Å². The van der Waals surface area contributed by atoms with E-state index in [1.54, 1.807) is 0 Å². The van der Waals surface area contributed by atoms with E-state index in [0.717, 1.165) is 11.8 Å². The lowest BCUT2D eigenvalue weighted by molar-refractivity contribution is -0.129. The Morgan fingerprint density at radius 2 is 2.05 bits per heavy atom. The molecule has 0 bridgehead atoms. The molecule has 20 heavy (non-hydrogen) atoms. The van der Waals surface area contributed by atoms with Gasteiger partial charge in [0, 0.05) is 30.7 Å². The summed E-state index contributed by atoms with van der Waals surface area (Å²) in [5.41, 5.74) is 0.284. The van der Waals surface area contributed by atoms with Gasteiger partial charge in [0.25, 0.3) is 0 Å². The van der Waals surface area contributed by atoms with Gasteiger partial charge in [-0.15, -0.1) is 0 Å². The normalized spacial score (nSPS) is 12.2. The van der Waals surface area contributed by atoms with E-state index < -0.39 is 12.6 Å². The molecule has 0 atom stereocenters. The molecule has 4 nitrogen and oxygen atoms in total. The topological polar surface area (TPSA) is 65.0 Å². The molecule has 0 radical (unpaired) electrons. The molecule has 0 saturated heterocycles. The summed E-state index contributed by atoms with van der Waals surface area (Å²) in [6.45, 7) is 2.36. The van der Waals surface area contributed by atoms with Crippen molar-refractivity contribution in [1.29, 1.82) is 5.41 Å². The molecule has 0 aliphatic carbocycles.